The van der Waals surface area contributed by atoms with E-state index in [4.69, 9.17) is 21.4 Å². The first-order valence-corrected chi connectivity index (χ1v) is 5.93. The highest BCUT2D eigenvalue weighted by Gasteiger charge is 2.15. The topological polar surface area (TPSA) is 58.6 Å². The molecule has 1 aliphatic heterocycles. The lowest BCUT2D eigenvalue weighted by Crippen LogP contribution is -2.18. The van der Waals surface area contributed by atoms with Crippen LogP contribution in [0.1, 0.15) is 23.2 Å². The monoisotopic (exact) mass is 255 g/mol. The fourth-order valence-corrected chi connectivity index (χ4v) is 2.10. The summed E-state index contributed by atoms with van der Waals surface area (Å²) in [6.45, 7) is 1.55. The van der Waals surface area contributed by atoms with Gasteiger partial charge in [-0.2, -0.15) is 0 Å². The van der Waals surface area contributed by atoms with E-state index in [-0.39, 0.29) is 16.7 Å². The van der Waals surface area contributed by atoms with Gasteiger partial charge in [-0.1, -0.05) is 11.6 Å². The van der Waals surface area contributed by atoms with Gasteiger partial charge in [0.25, 0.3) is 0 Å². The molecular weight excluding hydrogens is 242 g/mol. The van der Waals surface area contributed by atoms with Crippen LogP contribution in [0.5, 0.6) is 0 Å². The molecule has 4 nitrogen and oxygen atoms in total. The van der Waals surface area contributed by atoms with Crippen molar-refractivity contribution in [2.45, 2.75) is 18.9 Å². The fourth-order valence-electron chi connectivity index (χ4n) is 1.84. The summed E-state index contributed by atoms with van der Waals surface area (Å²) in [5.74, 6) is -1.01. The second-order valence-corrected chi connectivity index (χ2v) is 4.42. The van der Waals surface area contributed by atoms with E-state index >= 15 is 0 Å². The average molecular weight is 256 g/mol. The van der Waals surface area contributed by atoms with Gasteiger partial charge in [0.05, 0.1) is 16.7 Å². The molecular formula is C12H14ClNO3. The predicted molar refractivity (Wildman–Crippen MR) is 65.9 cm³/mol. The zero-order chi connectivity index (χ0) is 12.3. The Morgan fingerprint density at radius 2 is 2.41 bits per heavy atom. The number of aromatic carboxylic acids is 1. The number of halogens is 1. The molecule has 1 aliphatic rings. The minimum absolute atomic E-state index is 0.120. The van der Waals surface area contributed by atoms with Gasteiger partial charge in [-0.15, -0.1) is 0 Å². The Hall–Kier alpha value is -1.26. The molecule has 1 aromatic rings. The first-order chi connectivity index (χ1) is 8.16. The van der Waals surface area contributed by atoms with E-state index in [0.29, 0.717) is 0 Å². The Balaban J connectivity index is 1.97. The molecule has 0 spiro atoms. The van der Waals surface area contributed by atoms with Crippen LogP contribution >= 0.6 is 11.6 Å². The SMILES string of the molecule is O=C(O)c1ccc(NCC2CCCO2)cc1Cl. The van der Waals surface area contributed by atoms with Gasteiger partial charge in [0, 0.05) is 18.8 Å². The summed E-state index contributed by atoms with van der Waals surface area (Å²) in [6, 6.07) is 4.84. The van der Waals surface area contributed by atoms with Crippen molar-refractivity contribution in [2.24, 2.45) is 0 Å². The summed E-state index contributed by atoms with van der Waals surface area (Å²) < 4.78 is 5.48. The molecule has 0 aromatic heterocycles. The molecule has 1 heterocycles. The van der Waals surface area contributed by atoms with Crippen molar-refractivity contribution in [3.63, 3.8) is 0 Å². The van der Waals surface area contributed by atoms with Crippen molar-refractivity contribution in [1.82, 2.24) is 0 Å². The van der Waals surface area contributed by atoms with E-state index < -0.39 is 5.97 Å². The zero-order valence-electron chi connectivity index (χ0n) is 9.28. The molecule has 5 heteroatoms. The lowest BCUT2D eigenvalue weighted by Gasteiger charge is -2.12. The molecule has 0 radical (unpaired) electrons. The number of carboxylic acids is 1. The van der Waals surface area contributed by atoms with E-state index in [0.717, 1.165) is 31.7 Å². The standard InChI is InChI=1S/C12H14ClNO3/c13-11-6-8(3-4-10(11)12(15)16)14-7-9-2-1-5-17-9/h3-4,6,9,14H,1-2,5,7H2,(H,15,16). The third kappa shape index (κ3) is 3.11. The van der Waals surface area contributed by atoms with Crippen LogP contribution in [0.25, 0.3) is 0 Å². The summed E-state index contributed by atoms with van der Waals surface area (Å²) in [4.78, 5) is 10.8. The first kappa shape index (κ1) is 12.2. The van der Waals surface area contributed by atoms with Gasteiger partial charge in [0.1, 0.15) is 0 Å². The molecule has 2 rings (SSSR count). The lowest BCUT2D eigenvalue weighted by atomic mass is 10.2. The van der Waals surface area contributed by atoms with E-state index in [9.17, 15) is 4.79 Å². The number of nitrogens with one attached hydrogen (secondary N) is 1. The van der Waals surface area contributed by atoms with Gasteiger partial charge < -0.3 is 15.2 Å². The number of hydrogen-bond donors (Lipinski definition) is 2. The van der Waals surface area contributed by atoms with Gasteiger partial charge in [-0.3, -0.25) is 0 Å². The molecule has 0 saturated carbocycles. The van der Waals surface area contributed by atoms with Crippen molar-refractivity contribution < 1.29 is 14.6 Å². The van der Waals surface area contributed by atoms with Crippen LogP contribution in [0, 0.1) is 0 Å². The fraction of sp³-hybridized carbons (Fsp3) is 0.417. The van der Waals surface area contributed by atoms with E-state index in [1.165, 1.54) is 6.07 Å². The van der Waals surface area contributed by atoms with Gasteiger partial charge in [-0.05, 0) is 31.0 Å². The van der Waals surface area contributed by atoms with Crippen molar-refractivity contribution in [2.75, 3.05) is 18.5 Å². The Kier molecular flexibility index (Phi) is 3.86. The van der Waals surface area contributed by atoms with Crippen LogP contribution < -0.4 is 5.32 Å². The molecule has 1 atom stereocenters. The van der Waals surface area contributed by atoms with Crippen LogP contribution in [0.3, 0.4) is 0 Å². The molecule has 17 heavy (non-hydrogen) atoms. The third-order valence-corrected chi connectivity index (χ3v) is 3.07. The summed E-state index contributed by atoms with van der Waals surface area (Å²) in [7, 11) is 0. The molecule has 1 saturated heterocycles. The maximum atomic E-state index is 10.8. The van der Waals surface area contributed by atoms with Crippen molar-refractivity contribution >= 4 is 23.3 Å². The van der Waals surface area contributed by atoms with Crippen LogP contribution in [0.2, 0.25) is 5.02 Å². The van der Waals surface area contributed by atoms with Crippen LogP contribution in [-0.4, -0.2) is 30.3 Å². The minimum atomic E-state index is -1.01. The molecule has 92 valence electrons. The molecule has 1 unspecified atom stereocenters. The van der Waals surface area contributed by atoms with Crippen molar-refractivity contribution in [3.05, 3.63) is 28.8 Å². The Morgan fingerprint density at radius 1 is 1.59 bits per heavy atom. The summed E-state index contributed by atoms with van der Waals surface area (Å²) in [5.41, 5.74) is 0.935. The highest BCUT2D eigenvalue weighted by Crippen LogP contribution is 2.21. The smallest absolute Gasteiger partial charge is 0.337 e. The Morgan fingerprint density at radius 3 is 3.00 bits per heavy atom. The number of anilines is 1. The number of benzene rings is 1. The molecule has 1 aromatic carbocycles. The highest BCUT2D eigenvalue weighted by atomic mass is 35.5. The quantitative estimate of drug-likeness (QED) is 0.868. The molecule has 0 bridgehead atoms. The number of ether oxygens (including phenoxy) is 1. The number of carboxylic acid groups (broad SMARTS) is 1. The summed E-state index contributed by atoms with van der Waals surface area (Å²) in [6.07, 6.45) is 2.41. The second-order valence-electron chi connectivity index (χ2n) is 4.02. The Bertz CT molecular complexity index is 416. The lowest BCUT2D eigenvalue weighted by molar-refractivity contribution is 0.0697. The van der Waals surface area contributed by atoms with E-state index in [1.54, 1.807) is 12.1 Å². The van der Waals surface area contributed by atoms with Gasteiger partial charge >= 0.3 is 5.97 Å². The van der Waals surface area contributed by atoms with E-state index in [1.807, 2.05) is 0 Å². The van der Waals surface area contributed by atoms with Crippen molar-refractivity contribution in [1.29, 1.82) is 0 Å². The third-order valence-electron chi connectivity index (χ3n) is 2.76. The van der Waals surface area contributed by atoms with Gasteiger partial charge in [0.15, 0.2) is 0 Å². The minimum Gasteiger partial charge on any atom is -0.478 e. The highest BCUT2D eigenvalue weighted by molar-refractivity contribution is 6.33. The summed E-state index contributed by atoms with van der Waals surface area (Å²) >= 11 is 5.87. The van der Waals surface area contributed by atoms with Gasteiger partial charge in [-0.25, -0.2) is 4.79 Å². The predicted octanol–water partition coefficient (Wildman–Crippen LogP) is 2.63. The van der Waals surface area contributed by atoms with Crippen LogP contribution in [-0.2, 0) is 4.74 Å². The molecule has 2 N–H and O–H groups in total. The normalized spacial score (nSPS) is 19.2. The van der Waals surface area contributed by atoms with Crippen LogP contribution in [0.15, 0.2) is 18.2 Å². The summed E-state index contributed by atoms with van der Waals surface area (Å²) in [5, 5.41) is 12.3. The van der Waals surface area contributed by atoms with Crippen molar-refractivity contribution in [3.8, 4) is 0 Å². The number of rotatable bonds is 4. The molecule has 1 fully saturated rings. The maximum absolute atomic E-state index is 10.8. The van der Waals surface area contributed by atoms with Gasteiger partial charge in [0.2, 0.25) is 0 Å². The average Bonchev–Trinajstić information content (AvgIpc) is 2.78. The number of hydrogen-bond acceptors (Lipinski definition) is 3. The first-order valence-electron chi connectivity index (χ1n) is 5.55. The zero-order valence-corrected chi connectivity index (χ0v) is 10.0. The van der Waals surface area contributed by atoms with E-state index in [2.05, 4.69) is 5.32 Å². The number of carbonyl (C=O) groups is 1. The second kappa shape index (κ2) is 5.38. The largest absolute Gasteiger partial charge is 0.478 e. The Labute approximate surface area is 105 Å². The molecule has 0 aliphatic carbocycles. The molecule has 0 amide bonds. The maximum Gasteiger partial charge on any atom is 0.337 e. The van der Waals surface area contributed by atoms with Crippen LogP contribution in [0.4, 0.5) is 5.69 Å².